The Morgan fingerprint density at radius 2 is 1.28 bits per heavy atom. The number of aliphatic hydroxyl groups excluding tert-OH is 1. The number of rotatable bonds is 56. The van der Waals surface area contributed by atoms with Crippen molar-refractivity contribution < 1.29 is 100 Å². The molecule has 28 nitrogen and oxygen atoms in total. The molecule has 0 aromatic heterocycles. The molecule has 3 aliphatic rings. The number of aliphatic hydroxyl groups is 1. The van der Waals surface area contributed by atoms with Gasteiger partial charge in [-0.25, -0.2) is 4.79 Å². The summed E-state index contributed by atoms with van der Waals surface area (Å²) in [6.07, 6.45) is 8.34. The Morgan fingerprint density at radius 1 is 0.645 bits per heavy atom. The Labute approximate surface area is 653 Å². The Hall–Kier alpha value is -6.89. The summed E-state index contributed by atoms with van der Waals surface area (Å²) in [6.45, 7) is 21.4. The number of unbranched alkanes of at least 4 members (excludes halogenated alkanes) is 1. The highest BCUT2D eigenvalue weighted by molar-refractivity contribution is 6.13. The van der Waals surface area contributed by atoms with Gasteiger partial charge in [-0.1, -0.05) is 105 Å². The first-order valence-electron chi connectivity index (χ1n) is 39.8. The summed E-state index contributed by atoms with van der Waals surface area (Å²) in [5.41, 5.74) is -0.0791. The Bertz CT molecular complexity index is 3040. The molecule has 4 N–H and O–H groups in total. The maximum absolute atomic E-state index is 15.0. The highest BCUT2D eigenvalue weighted by Gasteiger charge is 2.45. The maximum Gasteiger partial charge on any atom is 0.410 e. The summed E-state index contributed by atoms with van der Waals surface area (Å²) in [6, 6.07) is 6.60. The van der Waals surface area contributed by atoms with E-state index in [-0.39, 0.29) is 155 Å². The topological polar surface area (TPSA) is 340 Å². The van der Waals surface area contributed by atoms with Crippen LogP contribution in [0.1, 0.15) is 183 Å². The van der Waals surface area contributed by atoms with Gasteiger partial charge in [0.25, 0.3) is 11.8 Å². The molecule has 1 aromatic carbocycles. The molecule has 0 spiro atoms. The van der Waals surface area contributed by atoms with Crippen molar-refractivity contribution in [3.05, 3.63) is 60.2 Å². The molecule has 4 rings (SSSR count). The lowest BCUT2D eigenvalue weighted by molar-refractivity contribution is -0.149. The van der Waals surface area contributed by atoms with Crippen molar-refractivity contribution in [2.24, 2.45) is 40.9 Å². The fourth-order valence-corrected chi connectivity index (χ4v) is 14.5. The van der Waals surface area contributed by atoms with Crippen molar-refractivity contribution in [1.82, 2.24) is 35.6 Å². The molecule has 1 aromatic rings. The molecule has 622 valence electrons. The molecule has 13 atom stereocenters. The van der Waals surface area contributed by atoms with Crippen LogP contribution < -0.4 is 16.0 Å². The average molecular weight is 1550 g/mol. The molecule has 0 bridgehead atoms. The summed E-state index contributed by atoms with van der Waals surface area (Å²) in [4.78, 5) is 154. The molecule has 2 heterocycles. The Kier molecular flexibility index (Phi) is 44.9. The summed E-state index contributed by atoms with van der Waals surface area (Å²) in [5.74, 6) is -5.13. The SMILES string of the molecule is CC[C@H](C)[C@@H]([C@@H](CC(=O)N1CCC[C@H]1[C@H](OC)[C@@H](C)C(=O)C[C@H](C)[C@@H](O)c1ccccc1)OC)N(C)C(=O)[C@@H](CC(=O)[C@H](C(C)C)N(C)C(=O)OC1/C=C/CCC(C)(C(=O)NCCCCC(NC(=O)CCOCCOCCOCCOCCNC(=O)CCN2C(=O)C=CC2=O)C(=O)CCCOCCOC)CC1)C(C)C. The zero-order valence-electron chi connectivity index (χ0n) is 68.3. The highest BCUT2D eigenvalue weighted by Crippen LogP contribution is 2.36. The molecule has 1 saturated heterocycles. The summed E-state index contributed by atoms with van der Waals surface area (Å²) in [5, 5.41) is 19.7. The number of nitrogens with zero attached hydrogens (tertiary/aromatic N) is 4. The van der Waals surface area contributed by atoms with Crippen LogP contribution in [-0.2, 0) is 90.6 Å². The third-order valence-corrected chi connectivity index (χ3v) is 21.5. The second kappa shape index (κ2) is 51.7. The fraction of sp³-hybridized carbons (Fsp3) is 0.744. The van der Waals surface area contributed by atoms with Crippen molar-refractivity contribution in [3.8, 4) is 0 Å². The van der Waals surface area contributed by atoms with Crippen molar-refractivity contribution in [2.45, 2.75) is 220 Å². The predicted octanol–water partition coefficient (Wildman–Crippen LogP) is 7.74. The zero-order valence-corrected chi connectivity index (χ0v) is 68.3. The number of nitrogens with one attached hydrogen (secondary N) is 3. The van der Waals surface area contributed by atoms with E-state index in [1.54, 1.807) is 31.1 Å². The van der Waals surface area contributed by atoms with Crippen molar-refractivity contribution in [1.29, 1.82) is 0 Å². The second-order valence-electron chi connectivity index (χ2n) is 30.4. The largest absolute Gasteiger partial charge is 0.442 e. The number of ether oxygens (including phenoxy) is 9. The van der Waals surface area contributed by atoms with Crippen LogP contribution in [0.5, 0.6) is 0 Å². The molecular formula is C82H133N7O21. The number of amides is 8. The first kappa shape index (κ1) is 95.5. The van der Waals surface area contributed by atoms with Crippen LogP contribution in [0.15, 0.2) is 54.6 Å². The number of imide groups is 1. The van der Waals surface area contributed by atoms with Gasteiger partial charge in [0.2, 0.25) is 29.5 Å². The quantitative estimate of drug-likeness (QED) is 0.0275. The standard InChI is InChI=1S/C82H133N7O21/c1-15-58(6)76(69(103-13)55-74(97)88-40-23-29-65(88)78(104-14)60(8)67(91)53-59(7)77(98)61-25-17-16-18-26-61)86(10)79(99)63(56(2)3)54-68(92)75(57(4)5)87(11)81(101)110-62-27-19-21-36-82(9,37-33-62)80(100)84-38-22-20-28-64(66(90)30-24-42-105-46-45-102-12)85-71(94)35-43-106-47-49-108-51-52-109-50-48-107-44-39-83-70(93)34-41-89-72(95)31-32-73(89)96/h16-19,25-27,31-32,56-60,62-65,69,75-78,98H,15,20-24,28-30,33-55H2,1-14H3,(H,83,93)(H,84,100)(H,85,94)/b27-19+/t58-,59-,60-,62?,63-,64?,65-,69+,75-,76-,77+,78+,82?/m0/s1. The van der Waals surface area contributed by atoms with Gasteiger partial charge >= 0.3 is 6.09 Å². The molecular weight excluding hydrogens is 1420 g/mol. The summed E-state index contributed by atoms with van der Waals surface area (Å²) < 4.78 is 51.1. The molecule has 0 saturated carbocycles. The number of carbonyl (C=O) groups is 11. The normalized spacial score (nSPS) is 19.6. The third-order valence-electron chi connectivity index (χ3n) is 21.5. The smallest absolute Gasteiger partial charge is 0.410 e. The molecule has 0 radical (unpaired) electrons. The number of benzene rings is 1. The Morgan fingerprint density at radius 3 is 1.90 bits per heavy atom. The van der Waals surface area contributed by atoms with Gasteiger partial charge in [0.15, 0.2) is 11.6 Å². The number of likely N-dealkylation sites (tertiary alicyclic amines) is 1. The number of ketones is 3. The minimum Gasteiger partial charge on any atom is -0.442 e. The van der Waals surface area contributed by atoms with Crippen LogP contribution in [0, 0.1) is 40.9 Å². The maximum atomic E-state index is 15.0. The number of hydrogen-bond donors (Lipinski definition) is 4. The average Bonchev–Trinajstić information content (AvgIpc) is 1.09. The van der Waals surface area contributed by atoms with E-state index in [0.29, 0.717) is 130 Å². The van der Waals surface area contributed by atoms with Gasteiger partial charge in [-0.3, -0.25) is 52.8 Å². The van der Waals surface area contributed by atoms with E-state index in [1.807, 2.05) is 105 Å². The number of allylic oxidation sites excluding steroid dienone is 1. The van der Waals surface area contributed by atoms with Crippen LogP contribution in [0.2, 0.25) is 0 Å². The van der Waals surface area contributed by atoms with Gasteiger partial charge in [-0.15, -0.1) is 0 Å². The van der Waals surface area contributed by atoms with E-state index in [4.69, 9.17) is 42.6 Å². The molecule has 2 aliphatic heterocycles. The van der Waals surface area contributed by atoms with E-state index in [1.165, 1.54) is 31.2 Å². The minimum atomic E-state index is -0.950. The fourth-order valence-electron chi connectivity index (χ4n) is 14.5. The lowest BCUT2D eigenvalue weighted by Gasteiger charge is -2.41. The number of likely N-dealkylation sites (N-methyl/N-ethyl adjacent to an activating group) is 2. The van der Waals surface area contributed by atoms with Crippen LogP contribution in [-0.4, -0.2) is 266 Å². The number of Topliss-reactive ketones (excluding diaryl/α,β-unsaturated/α-hetero) is 3. The van der Waals surface area contributed by atoms with Gasteiger partial charge in [0, 0.05) is 130 Å². The van der Waals surface area contributed by atoms with Gasteiger partial charge in [0.1, 0.15) is 11.9 Å². The van der Waals surface area contributed by atoms with Crippen LogP contribution in [0.4, 0.5) is 4.79 Å². The monoisotopic (exact) mass is 1550 g/mol. The van der Waals surface area contributed by atoms with Crippen molar-refractivity contribution in [2.75, 3.05) is 134 Å². The molecule has 28 heteroatoms. The summed E-state index contributed by atoms with van der Waals surface area (Å²) in [7, 11) is 7.90. The zero-order chi connectivity index (χ0) is 81.3. The Balaban J connectivity index is 1.23. The van der Waals surface area contributed by atoms with Crippen LogP contribution in [0.25, 0.3) is 0 Å². The number of methoxy groups -OCH3 is 3. The second-order valence-corrected chi connectivity index (χ2v) is 30.4. The molecule has 1 fully saturated rings. The number of carbonyl (C=O) groups excluding carboxylic acids is 11. The van der Waals surface area contributed by atoms with E-state index in [2.05, 4.69) is 16.0 Å². The lowest BCUT2D eigenvalue weighted by Crippen LogP contribution is -2.54. The van der Waals surface area contributed by atoms with Gasteiger partial charge in [-0.2, -0.15) is 0 Å². The van der Waals surface area contributed by atoms with E-state index in [9.17, 15) is 57.8 Å². The highest BCUT2D eigenvalue weighted by atomic mass is 16.6. The molecule has 3 unspecified atom stereocenters. The van der Waals surface area contributed by atoms with Gasteiger partial charge in [0.05, 0.1) is 115 Å². The molecule has 8 amide bonds. The van der Waals surface area contributed by atoms with E-state index < -0.39 is 77.7 Å². The first-order valence-corrected chi connectivity index (χ1v) is 39.8. The van der Waals surface area contributed by atoms with Gasteiger partial charge < -0.3 is 78.4 Å². The lowest BCUT2D eigenvalue weighted by atomic mass is 9.78. The van der Waals surface area contributed by atoms with E-state index >= 15 is 0 Å². The summed E-state index contributed by atoms with van der Waals surface area (Å²) >= 11 is 0. The third kappa shape index (κ3) is 32.3. The number of hydrogen-bond acceptors (Lipinski definition) is 21. The molecule has 1 aliphatic carbocycles. The predicted molar refractivity (Wildman–Crippen MR) is 414 cm³/mol. The molecule has 110 heavy (non-hydrogen) atoms. The minimum absolute atomic E-state index is 0.00112. The van der Waals surface area contributed by atoms with E-state index in [0.717, 1.165) is 10.5 Å². The van der Waals surface area contributed by atoms with Gasteiger partial charge in [-0.05, 0) is 99.5 Å². The van der Waals surface area contributed by atoms with Crippen LogP contribution in [0.3, 0.4) is 0 Å². The van der Waals surface area contributed by atoms with Crippen LogP contribution >= 0.6 is 0 Å². The van der Waals surface area contributed by atoms with Crippen molar-refractivity contribution >= 4 is 64.8 Å². The van der Waals surface area contributed by atoms with Crippen molar-refractivity contribution in [3.63, 3.8) is 0 Å². The first-order chi connectivity index (χ1) is 52.5.